The Hall–Kier alpha value is -0.860. The van der Waals surface area contributed by atoms with Crippen LogP contribution >= 0.6 is 0 Å². The molecule has 0 aliphatic carbocycles. The fourth-order valence-corrected chi connectivity index (χ4v) is 0.379. The number of hydrogen-bond acceptors (Lipinski definition) is 3. The Kier molecular flexibility index (Phi) is 3.23. The van der Waals surface area contributed by atoms with Gasteiger partial charge in [0.05, 0.1) is 0 Å². The van der Waals surface area contributed by atoms with E-state index in [2.05, 4.69) is 0 Å². The minimum Gasteiger partial charge on any atom is -0.457 e. The van der Waals surface area contributed by atoms with Gasteiger partial charge in [-0.15, -0.1) is 0 Å². The number of esters is 1. The summed E-state index contributed by atoms with van der Waals surface area (Å²) in [5.74, 6) is -0.799. The second-order valence-corrected chi connectivity index (χ2v) is 3.56. The van der Waals surface area contributed by atoms with E-state index in [9.17, 15) is 9.59 Å². The van der Waals surface area contributed by atoms with Gasteiger partial charge in [-0.25, -0.2) is 4.79 Å². The summed E-state index contributed by atoms with van der Waals surface area (Å²) in [6.45, 7) is 7.59. The summed E-state index contributed by atoms with van der Waals surface area (Å²) < 4.78 is 4.76. The molecule has 0 radical (unpaired) electrons. The zero-order valence-corrected chi connectivity index (χ0v) is 7.38. The summed E-state index contributed by atoms with van der Waals surface area (Å²) in [6.07, 6.45) is -0.0531. The maximum absolute atomic E-state index is 10.5. The van der Waals surface area contributed by atoms with Crippen LogP contribution in [-0.4, -0.2) is 18.4 Å². The lowest BCUT2D eigenvalue weighted by molar-refractivity contribution is -0.156. The van der Waals surface area contributed by atoms with Crippen molar-refractivity contribution in [3.63, 3.8) is 0 Å². The summed E-state index contributed by atoms with van der Waals surface area (Å²) in [5, 5.41) is 0. The highest BCUT2D eigenvalue weighted by atomic mass is 16.5. The van der Waals surface area contributed by atoms with Gasteiger partial charge in [-0.2, -0.15) is 0 Å². The molecule has 3 nitrogen and oxygen atoms in total. The van der Waals surface area contributed by atoms with Crippen LogP contribution in [0.5, 0.6) is 0 Å². The fourth-order valence-electron chi connectivity index (χ4n) is 0.379. The van der Waals surface area contributed by atoms with Gasteiger partial charge >= 0.3 is 5.97 Å². The second kappa shape index (κ2) is 3.51. The maximum atomic E-state index is 10.5. The van der Waals surface area contributed by atoms with Gasteiger partial charge in [0.2, 0.25) is 6.29 Å². The monoisotopic (exact) mass is 158 g/mol. The fraction of sp³-hybridized carbons (Fsp3) is 0.750. The van der Waals surface area contributed by atoms with E-state index in [1.165, 1.54) is 0 Å². The molecule has 0 saturated heterocycles. The highest BCUT2D eigenvalue weighted by Gasteiger charge is 2.23. The van der Waals surface area contributed by atoms with Crippen molar-refractivity contribution in [3.05, 3.63) is 0 Å². The summed E-state index contributed by atoms with van der Waals surface area (Å²) >= 11 is 0. The lowest BCUT2D eigenvalue weighted by Crippen LogP contribution is -2.28. The summed E-state index contributed by atoms with van der Waals surface area (Å²) in [6, 6.07) is 0. The number of hydrogen-bond donors (Lipinski definition) is 0. The van der Waals surface area contributed by atoms with Crippen LogP contribution in [0.4, 0.5) is 0 Å². The van der Waals surface area contributed by atoms with Gasteiger partial charge < -0.3 is 4.74 Å². The molecule has 0 aliphatic heterocycles. The molecule has 1 atom stereocenters. The minimum atomic E-state index is -0.799. The second-order valence-electron chi connectivity index (χ2n) is 3.56. The number of carbonyl (C=O) groups is 2. The van der Waals surface area contributed by atoms with Crippen molar-refractivity contribution in [2.24, 2.45) is 5.41 Å². The van der Waals surface area contributed by atoms with Crippen LogP contribution in [0.2, 0.25) is 0 Å². The van der Waals surface area contributed by atoms with Crippen molar-refractivity contribution in [2.75, 3.05) is 0 Å². The number of ether oxygens (including phenoxy) is 1. The smallest absolute Gasteiger partial charge is 0.371 e. The Bertz CT molecular complexity index is 155. The molecule has 3 heteroatoms. The van der Waals surface area contributed by atoms with Crippen LogP contribution in [0.25, 0.3) is 0 Å². The minimum absolute atomic E-state index is 0.112. The third-order valence-electron chi connectivity index (χ3n) is 1.61. The SMILES string of the molecule is C[C@H](OC(=O)C=O)C(C)(C)C. The average Bonchev–Trinajstić information content (AvgIpc) is 1.85. The van der Waals surface area contributed by atoms with Gasteiger partial charge in [-0.1, -0.05) is 20.8 Å². The number of carbonyl (C=O) groups excluding carboxylic acids is 2. The number of rotatable bonds is 2. The van der Waals surface area contributed by atoms with E-state index in [-0.39, 0.29) is 17.8 Å². The first-order chi connectivity index (χ1) is 4.88. The Labute approximate surface area is 66.7 Å². The Morgan fingerprint density at radius 2 is 1.91 bits per heavy atom. The van der Waals surface area contributed by atoms with Gasteiger partial charge in [-0.05, 0) is 12.3 Å². The van der Waals surface area contributed by atoms with Crippen LogP contribution in [0.15, 0.2) is 0 Å². The largest absolute Gasteiger partial charge is 0.457 e. The molecule has 0 rings (SSSR count). The van der Waals surface area contributed by atoms with Gasteiger partial charge in [0.15, 0.2) is 0 Å². The first kappa shape index (κ1) is 10.1. The molecule has 0 fully saturated rings. The molecule has 0 N–H and O–H groups in total. The van der Waals surface area contributed by atoms with Crippen molar-refractivity contribution in [1.82, 2.24) is 0 Å². The van der Waals surface area contributed by atoms with E-state index in [1.807, 2.05) is 20.8 Å². The standard InChI is InChI=1S/C8H14O3/c1-6(8(2,3)4)11-7(10)5-9/h5-6H,1-4H3/t6-/m0/s1. The van der Waals surface area contributed by atoms with E-state index in [0.29, 0.717) is 0 Å². The lowest BCUT2D eigenvalue weighted by Gasteiger charge is -2.25. The van der Waals surface area contributed by atoms with Crippen LogP contribution in [0.1, 0.15) is 27.7 Å². The lowest BCUT2D eigenvalue weighted by atomic mass is 9.90. The van der Waals surface area contributed by atoms with Crippen molar-refractivity contribution in [1.29, 1.82) is 0 Å². The van der Waals surface area contributed by atoms with Gasteiger partial charge in [0.25, 0.3) is 0 Å². The molecule has 0 unspecified atom stereocenters. The van der Waals surface area contributed by atoms with Gasteiger partial charge in [0.1, 0.15) is 6.10 Å². The molecule has 0 spiro atoms. The zero-order valence-electron chi connectivity index (χ0n) is 7.38. The maximum Gasteiger partial charge on any atom is 0.371 e. The summed E-state index contributed by atoms with van der Waals surface area (Å²) in [4.78, 5) is 20.4. The molecular weight excluding hydrogens is 144 g/mol. The third kappa shape index (κ3) is 3.75. The molecule has 0 aromatic rings. The van der Waals surface area contributed by atoms with E-state index < -0.39 is 5.97 Å². The van der Waals surface area contributed by atoms with Crippen LogP contribution < -0.4 is 0 Å². The highest BCUT2D eigenvalue weighted by Crippen LogP contribution is 2.21. The van der Waals surface area contributed by atoms with Crippen molar-refractivity contribution in [2.45, 2.75) is 33.8 Å². The quantitative estimate of drug-likeness (QED) is 0.344. The van der Waals surface area contributed by atoms with Crippen LogP contribution in [-0.2, 0) is 14.3 Å². The van der Waals surface area contributed by atoms with Gasteiger partial charge in [0, 0.05) is 0 Å². The van der Waals surface area contributed by atoms with Crippen molar-refractivity contribution in [3.8, 4) is 0 Å². The topological polar surface area (TPSA) is 43.4 Å². The van der Waals surface area contributed by atoms with E-state index in [0.717, 1.165) is 0 Å². The Morgan fingerprint density at radius 3 is 2.18 bits per heavy atom. The molecule has 0 aromatic heterocycles. The van der Waals surface area contributed by atoms with Crippen LogP contribution in [0.3, 0.4) is 0 Å². The molecule has 0 aliphatic rings. The molecule has 0 heterocycles. The first-order valence-electron chi connectivity index (χ1n) is 3.53. The summed E-state index contributed by atoms with van der Waals surface area (Å²) in [7, 11) is 0. The Morgan fingerprint density at radius 1 is 1.45 bits per heavy atom. The zero-order chi connectivity index (χ0) is 9.07. The van der Waals surface area contributed by atoms with Crippen molar-refractivity contribution >= 4 is 12.3 Å². The Balaban J connectivity index is 3.97. The average molecular weight is 158 g/mol. The molecule has 64 valence electrons. The van der Waals surface area contributed by atoms with Crippen LogP contribution in [0, 0.1) is 5.41 Å². The highest BCUT2D eigenvalue weighted by molar-refractivity contribution is 6.20. The molecule has 0 saturated carbocycles. The molecular formula is C8H14O3. The first-order valence-corrected chi connectivity index (χ1v) is 3.53. The molecule has 0 aromatic carbocycles. The normalized spacial score (nSPS) is 13.8. The van der Waals surface area contributed by atoms with E-state index >= 15 is 0 Å². The predicted molar refractivity (Wildman–Crippen MR) is 41.1 cm³/mol. The molecule has 0 bridgehead atoms. The van der Waals surface area contributed by atoms with E-state index in [1.54, 1.807) is 6.92 Å². The predicted octanol–water partition coefficient (Wildman–Crippen LogP) is 1.16. The van der Waals surface area contributed by atoms with Crippen molar-refractivity contribution < 1.29 is 14.3 Å². The van der Waals surface area contributed by atoms with Gasteiger partial charge in [-0.3, -0.25) is 4.79 Å². The third-order valence-corrected chi connectivity index (χ3v) is 1.61. The van der Waals surface area contributed by atoms with E-state index in [4.69, 9.17) is 4.74 Å². The number of aldehydes is 1. The molecule has 0 amide bonds. The molecule has 11 heavy (non-hydrogen) atoms. The summed E-state index contributed by atoms with van der Waals surface area (Å²) in [5.41, 5.74) is -0.112.